The number of nitrogen functional groups attached to an aromatic ring is 1. The van der Waals surface area contributed by atoms with E-state index >= 15 is 0 Å². The predicted octanol–water partition coefficient (Wildman–Crippen LogP) is 4.42. The molecule has 1 heterocycles. The summed E-state index contributed by atoms with van der Waals surface area (Å²) < 4.78 is 0. The largest absolute Gasteiger partial charge is 0.383 e. The second-order valence-corrected chi connectivity index (χ2v) is 7.26. The van der Waals surface area contributed by atoms with Gasteiger partial charge in [0, 0.05) is 29.2 Å². The zero-order chi connectivity index (χ0) is 21.7. The lowest BCUT2D eigenvalue weighted by Gasteiger charge is -2.13. The molecule has 5 N–H and O–H groups in total. The highest BCUT2D eigenvalue weighted by atomic mass is 16.2. The number of hydrogen-bond donors (Lipinski definition) is 4. The molecule has 3 amide bonds. The van der Waals surface area contributed by atoms with Gasteiger partial charge >= 0.3 is 6.03 Å². The van der Waals surface area contributed by atoms with Crippen molar-refractivity contribution in [2.45, 2.75) is 26.8 Å². The van der Waals surface area contributed by atoms with Crippen LogP contribution >= 0.6 is 0 Å². The second kappa shape index (κ2) is 9.09. The molecule has 3 aromatic rings. The summed E-state index contributed by atoms with van der Waals surface area (Å²) in [7, 11) is 0. The van der Waals surface area contributed by atoms with Crippen molar-refractivity contribution in [2.24, 2.45) is 0 Å². The Morgan fingerprint density at radius 3 is 2.33 bits per heavy atom. The maximum atomic E-state index is 12.4. The summed E-state index contributed by atoms with van der Waals surface area (Å²) in [5.41, 5.74) is 10.2. The van der Waals surface area contributed by atoms with Gasteiger partial charge in [0.1, 0.15) is 5.82 Å². The molecule has 7 nitrogen and oxygen atoms in total. The summed E-state index contributed by atoms with van der Waals surface area (Å²) in [5.74, 6) is -0.0733. The minimum absolute atomic E-state index is 0.00492. The molecule has 0 saturated heterocycles. The van der Waals surface area contributed by atoms with E-state index in [1.807, 2.05) is 63.2 Å². The Kier molecular flexibility index (Phi) is 6.32. The smallest absolute Gasteiger partial charge is 0.323 e. The number of hydrogen-bond acceptors (Lipinski definition) is 4. The van der Waals surface area contributed by atoms with E-state index in [0.717, 1.165) is 16.7 Å². The average molecular weight is 403 g/mol. The number of anilines is 3. The molecule has 0 spiro atoms. The number of nitrogens with two attached hydrogens (primary N) is 1. The van der Waals surface area contributed by atoms with Crippen molar-refractivity contribution < 1.29 is 9.59 Å². The standard InChI is InChI=1S/C23H25N5O2/c1-14(2)26-22(29)20-12-16(13-25-21(20)24)19-10-9-18(11-15(19)3)28-23(30)27-17-7-5-4-6-8-17/h4-14H,1-3H3,(H2,24,25)(H,26,29)(H2,27,28,30). The van der Waals surface area contributed by atoms with Crippen molar-refractivity contribution in [2.75, 3.05) is 16.4 Å². The second-order valence-electron chi connectivity index (χ2n) is 7.26. The normalized spacial score (nSPS) is 10.5. The molecule has 7 heteroatoms. The van der Waals surface area contributed by atoms with Crippen LogP contribution in [-0.4, -0.2) is 23.0 Å². The van der Waals surface area contributed by atoms with E-state index in [-0.39, 0.29) is 23.8 Å². The van der Waals surface area contributed by atoms with Gasteiger partial charge in [-0.25, -0.2) is 9.78 Å². The van der Waals surface area contributed by atoms with Crippen LogP contribution in [0.2, 0.25) is 0 Å². The predicted molar refractivity (Wildman–Crippen MR) is 121 cm³/mol. The third kappa shape index (κ3) is 5.14. The van der Waals surface area contributed by atoms with Gasteiger partial charge in [-0.3, -0.25) is 4.79 Å². The highest BCUT2D eigenvalue weighted by molar-refractivity contribution is 6.01. The van der Waals surface area contributed by atoms with Crippen molar-refractivity contribution >= 4 is 29.1 Å². The third-order valence-electron chi connectivity index (χ3n) is 4.41. The first-order valence-electron chi connectivity index (χ1n) is 9.64. The monoisotopic (exact) mass is 403 g/mol. The van der Waals surface area contributed by atoms with Crippen LogP contribution in [0.4, 0.5) is 22.0 Å². The van der Waals surface area contributed by atoms with E-state index in [4.69, 9.17) is 5.73 Å². The van der Waals surface area contributed by atoms with Crippen LogP contribution in [0.1, 0.15) is 29.8 Å². The summed E-state index contributed by atoms with van der Waals surface area (Å²) in [6.45, 7) is 5.70. The van der Waals surface area contributed by atoms with Gasteiger partial charge < -0.3 is 21.7 Å². The Hall–Kier alpha value is -3.87. The third-order valence-corrected chi connectivity index (χ3v) is 4.41. The molecular weight excluding hydrogens is 378 g/mol. The highest BCUT2D eigenvalue weighted by Crippen LogP contribution is 2.27. The van der Waals surface area contributed by atoms with E-state index in [0.29, 0.717) is 16.9 Å². The van der Waals surface area contributed by atoms with Crippen molar-refractivity contribution in [1.29, 1.82) is 0 Å². The van der Waals surface area contributed by atoms with Crippen molar-refractivity contribution in [3.8, 4) is 11.1 Å². The number of pyridine rings is 1. The lowest BCUT2D eigenvalue weighted by Crippen LogP contribution is -2.30. The zero-order valence-electron chi connectivity index (χ0n) is 17.2. The lowest BCUT2D eigenvalue weighted by atomic mass is 9.99. The number of urea groups is 1. The number of aryl methyl sites for hydroxylation is 1. The first kappa shape index (κ1) is 20.9. The highest BCUT2D eigenvalue weighted by Gasteiger charge is 2.14. The molecule has 1 aromatic heterocycles. The van der Waals surface area contributed by atoms with Crippen molar-refractivity contribution in [3.63, 3.8) is 0 Å². The van der Waals surface area contributed by atoms with Gasteiger partial charge in [0.2, 0.25) is 0 Å². The molecule has 0 aliphatic heterocycles. The van der Waals surface area contributed by atoms with Crippen molar-refractivity contribution in [1.82, 2.24) is 10.3 Å². The minimum Gasteiger partial charge on any atom is -0.383 e. The van der Waals surface area contributed by atoms with Crippen LogP contribution in [0.15, 0.2) is 60.8 Å². The van der Waals surface area contributed by atoms with Gasteiger partial charge in [0.25, 0.3) is 5.91 Å². The molecule has 0 fully saturated rings. The number of para-hydroxylation sites is 1. The zero-order valence-corrected chi connectivity index (χ0v) is 17.2. The Labute approximate surface area is 175 Å². The number of nitrogens with zero attached hydrogens (tertiary/aromatic N) is 1. The fraction of sp³-hybridized carbons (Fsp3) is 0.174. The van der Waals surface area contributed by atoms with Crippen LogP contribution in [0, 0.1) is 6.92 Å². The van der Waals surface area contributed by atoms with Crippen LogP contribution in [-0.2, 0) is 0 Å². The molecule has 0 saturated carbocycles. The summed E-state index contributed by atoms with van der Waals surface area (Å²) >= 11 is 0. The molecule has 0 radical (unpaired) electrons. The quantitative estimate of drug-likeness (QED) is 0.505. The maximum Gasteiger partial charge on any atom is 0.323 e. The van der Waals surface area contributed by atoms with Crippen LogP contribution in [0.25, 0.3) is 11.1 Å². The van der Waals surface area contributed by atoms with E-state index in [1.54, 1.807) is 18.3 Å². The number of carbonyl (C=O) groups is 2. The fourth-order valence-corrected chi connectivity index (χ4v) is 3.02. The minimum atomic E-state index is -0.324. The molecule has 0 atom stereocenters. The fourth-order valence-electron chi connectivity index (χ4n) is 3.02. The average Bonchev–Trinajstić information content (AvgIpc) is 2.69. The summed E-state index contributed by atoms with van der Waals surface area (Å²) in [4.78, 5) is 28.8. The number of nitrogens with one attached hydrogen (secondary N) is 3. The van der Waals surface area contributed by atoms with E-state index in [1.165, 1.54) is 0 Å². The molecule has 0 unspecified atom stereocenters. The lowest BCUT2D eigenvalue weighted by molar-refractivity contribution is 0.0943. The number of aromatic nitrogens is 1. The molecular formula is C23H25N5O2. The van der Waals surface area contributed by atoms with Crippen LogP contribution < -0.4 is 21.7 Å². The molecule has 2 aromatic carbocycles. The van der Waals surface area contributed by atoms with Crippen molar-refractivity contribution in [3.05, 3.63) is 71.9 Å². The van der Waals surface area contributed by atoms with Crippen LogP contribution in [0.5, 0.6) is 0 Å². The summed E-state index contributed by atoms with van der Waals surface area (Å²) in [6.07, 6.45) is 1.64. The van der Waals surface area contributed by atoms with Gasteiger partial charge in [-0.2, -0.15) is 0 Å². The van der Waals surface area contributed by atoms with Gasteiger partial charge in [0.15, 0.2) is 0 Å². The first-order valence-corrected chi connectivity index (χ1v) is 9.64. The molecule has 0 aliphatic carbocycles. The Morgan fingerprint density at radius 1 is 0.967 bits per heavy atom. The van der Waals surface area contributed by atoms with Gasteiger partial charge in [0.05, 0.1) is 5.56 Å². The van der Waals surface area contributed by atoms with Crippen LogP contribution in [0.3, 0.4) is 0 Å². The number of carbonyl (C=O) groups excluding carboxylic acids is 2. The van der Waals surface area contributed by atoms with E-state index in [9.17, 15) is 9.59 Å². The Bertz CT molecular complexity index is 1060. The van der Waals surface area contributed by atoms with Gasteiger partial charge in [-0.1, -0.05) is 24.3 Å². The number of rotatable bonds is 5. The SMILES string of the molecule is Cc1cc(NC(=O)Nc2ccccc2)ccc1-c1cnc(N)c(C(=O)NC(C)C)c1. The Morgan fingerprint density at radius 2 is 1.67 bits per heavy atom. The molecule has 3 rings (SSSR count). The van der Waals surface area contributed by atoms with E-state index < -0.39 is 0 Å². The molecule has 30 heavy (non-hydrogen) atoms. The molecule has 154 valence electrons. The van der Waals surface area contributed by atoms with Gasteiger partial charge in [-0.15, -0.1) is 0 Å². The topological polar surface area (TPSA) is 109 Å². The number of benzene rings is 2. The Balaban J connectivity index is 1.78. The first-order chi connectivity index (χ1) is 14.3. The summed E-state index contributed by atoms with van der Waals surface area (Å²) in [5, 5.41) is 8.43. The summed E-state index contributed by atoms with van der Waals surface area (Å²) in [6, 6.07) is 16.2. The van der Waals surface area contributed by atoms with E-state index in [2.05, 4.69) is 20.9 Å². The van der Waals surface area contributed by atoms with Gasteiger partial charge in [-0.05, 0) is 62.2 Å². The molecule has 0 bridgehead atoms. The molecule has 0 aliphatic rings. The number of amides is 3. The maximum absolute atomic E-state index is 12.4.